The van der Waals surface area contributed by atoms with Crippen molar-refractivity contribution in [3.8, 4) is 0 Å². The largest absolute Gasteiger partial charge is 0.394 e. The molecule has 3 atom stereocenters. The lowest BCUT2D eigenvalue weighted by atomic mass is 10.0. The quantitative estimate of drug-likeness (QED) is 0.0371. The number of aliphatic hydroxyl groups excluding tert-OH is 3. The van der Waals surface area contributed by atoms with E-state index in [2.05, 4.69) is 31.3 Å². The van der Waals surface area contributed by atoms with E-state index in [0.29, 0.717) is 12.8 Å². The van der Waals surface area contributed by atoms with Crippen molar-refractivity contribution >= 4 is 5.91 Å². The second kappa shape index (κ2) is 42.8. The van der Waals surface area contributed by atoms with E-state index >= 15 is 0 Å². The number of aliphatic hydroxyl groups is 3. The van der Waals surface area contributed by atoms with Crippen molar-refractivity contribution in [2.45, 2.75) is 276 Å². The summed E-state index contributed by atoms with van der Waals surface area (Å²) in [5.41, 5.74) is 0. The Morgan fingerprint density at radius 3 is 1.13 bits per heavy atom. The Bertz CT molecular complexity index is 728. The summed E-state index contributed by atoms with van der Waals surface area (Å²) in [4.78, 5) is 12.5. The average molecular weight is 736 g/mol. The molecule has 3 unspecified atom stereocenters. The molecule has 5 heteroatoms. The van der Waals surface area contributed by atoms with E-state index in [4.69, 9.17) is 0 Å². The second-order valence-corrected chi connectivity index (χ2v) is 16.4. The van der Waals surface area contributed by atoms with Gasteiger partial charge in [-0.25, -0.2) is 0 Å². The predicted molar refractivity (Wildman–Crippen MR) is 227 cm³/mol. The topological polar surface area (TPSA) is 89.8 Å². The zero-order valence-electron chi connectivity index (χ0n) is 35.2. The van der Waals surface area contributed by atoms with Crippen molar-refractivity contribution in [1.82, 2.24) is 5.32 Å². The first-order chi connectivity index (χ1) is 25.5. The van der Waals surface area contributed by atoms with E-state index in [-0.39, 0.29) is 18.9 Å². The average Bonchev–Trinajstić information content (AvgIpc) is 3.14. The molecule has 0 spiro atoms. The number of hydrogen-bond donors (Lipinski definition) is 4. The SMILES string of the molecule is CCCCCCCCCCC/C=C\CCCCCC(O)CC(=O)NC(CO)C(O)CCCCCCCCCCCCCCCCCCCCCCC. The molecule has 0 saturated heterocycles. The van der Waals surface area contributed by atoms with Crippen LogP contribution in [0.5, 0.6) is 0 Å². The van der Waals surface area contributed by atoms with E-state index in [9.17, 15) is 20.1 Å². The summed E-state index contributed by atoms with van der Waals surface area (Å²) in [5.74, 6) is -0.288. The highest BCUT2D eigenvalue weighted by Crippen LogP contribution is 2.17. The van der Waals surface area contributed by atoms with Crippen LogP contribution >= 0.6 is 0 Å². The van der Waals surface area contributed by atoms with Crippen LogP contribution in [0.1, 0.15) is 258 Å². The Morgan fingerprint density at radius 1 is 0.462 bits per heavy atom. The van der Waals surface area contributed by atoms with Gasteiger partial charge < -0.3 is 20.6 Å². The zero-order chi connectivity index (χ0) is 38.0. The maximum Gasteiger partial charge on any atom is 0.222 e. The number of allylic oxidation sites excluding steroid dienone is 2. The molecule has 4 N–H and O–H groups in total. The fraction of sp³-hybridized carbons (Fsp3) is 0.936. The molecule has 0 rings (SSSR count). The van der Waals surface area contributed by atoms with Crippen LogP contribution in [0.3, 0.4) is 0 Å². The molecule has 0 fully saturated rings. The third-order valence-corrected chi connectivity index (χ3v) is 11.1. The lowest BCUT2D eigenvalue weighted by Gasteiger charge is -2.23. The number of rotatable bonds is 43. The first-order valence-electron chi connectivity index (χ1n) is 23.5. The summed E-state index contributed by atoms with van der Waals surface area (Å²) >= 11 is 0. The lowest BCUT2D eigenvalue weighted by Crippen LogP contribution is -2.46. The fourth-order valence-electron chi connectivity index (χ4n) is 7.46. The van der Waals surface area contributed by atoms with Crippen LogP contribution < -0.4 is 5.32 Å². The molecule has 0 aliphatic carbocycles. The normalized spacial score (nSPS) is 13.6. The maximum atomic E-state index is 12.5. The van der Waals surface area contributed by atoms with E-state index in [0.717, 1.165) is 38.5 Å². The maximum absolute atomic E-state index is 12.5. The van der Waals surface area contributed by atoms with Gasteiger partial charge in [0.15, 0.2) is 0 Å². The Labute approximate surface area is 325 Å². The lowest BCUT2D eigenvalue weighted by molar-refractivity contribution is -0.125. The molecule has 0 aromatic carbocycles. The number of carbonyl (C=O) groups is 1. The van der Waals surface area contributed by atoms with Gasteiger partial charge in [-0.15, -0.1) is 0 Å². The molecule has 0 radical (unpaired) electrons. The van der Waals surface area contributed by atoms with Crippen molar-refractivity contribution in [3.05, 3.63) is 12.2 Å². The van der Waals surface area contributed by atoms with Crippen molar-refractivity contribution in [2.24, 2.45) is 0 Å². The first-order valence-corrected chi connectivity index (χ1v) is 23.5. The molecule has 0 aliphatic heterocycles. The Hall–Kier alpha value is -0.910. The van der Waals surface area contributed by atoms with Crippen molar-refractivity contribution < 1.29 is 20.1 Å². The molecule has 1 amide bonds. The van der Waals surface area contributed by atoms with E-state index in [1.54, 1.807) is 0 Å². The Balaban J connectivity index is 3.59. The Kier molecular flexibility index (Phi) is 42.1. The van der Waals surface area contributed by atoms with Gasteiger partial charge in [-0.1, -0.05) is 225 Å². The molecule has 0 aromatic rings. The smallest absolute Gasteiger partial charge is 0.222 e. The summed E-state index contributed by atoms with van der Waals surface area (Å²) < 4.78 is 0. The van der Waals surface area contributed by atoms with Gasteiger partial charge in [0, 0.05) is 0 Å². The summed E-state index contributed by atoms with van der Waals surface area (Å²) in [6.07, 6.45) is 50.4. The fourth-order valence-corrected chi connectivity index (χ4v) is 7.46. The molecular weight excluding hydrogens is 643 g/mol. The van der Waals surface area contributed by atoms with E-state index in [1.165, 1.54) is 186 Å². The van der Waals surface area contributed by atoms with E-state index < -0.39 is 18.2 Å². The van der Waals surface area contributed by atoms with Crippen LogP contribution in [0.2, 0.25) is 0 Å². The van der Waals surface area contributed by atoms with Gasteiger partial charge in [0.2, 0.25) is 5.91 Å². The highest BCUT2D eigenvalue weighted by molar-refractivity contribution is 5.76. The van der Waals surface area contributed by atoms with Gasteiger partial charge in [0.25, 0.3) is 0 Å². The van der Waals surface area contributed by atoms with Crippen LogP contribution in [0.15, 0.2) is 12.2 Å². The van der Waals surface area contributed by atoms with Crippen LogP contribution in [-0.4, -0.2) is 46.1 Å². The number of amides is 1. The molecular formula is C47H93NO4. The Morgan fingerprint density at radius 2 is 0.769 bits per heavy atom. The molecule has 0 aliphatic rings. The molecule has 0 bridgehead atoms. The van der Waals surface area contributed by atoms with Gasteiger partial charge in [0.1, 0.15) is 0 Å². The summed E-state index contributed by atoms with van der Waals surface area (Å²) in [6.45, 7) is 4.28. The molecule has 0 saturated carbocycles. The zero-order valence-corrected chi connectivity index (χ0v) is 35.2. The predicted octanol–water partition coefficient (Wildman–Crippen LogP) is 13.6. The minimum atomic E-state index is -0.750. The highest BCUT2D eigenvalue weighted by Gasteiger charge is 2.21. The van der Waals surface area contributed by atoms with Gasteiger partial charge in [-0.05, 0) is 38.5 Å². The second-order valence-electron chi connectivity index (χ2n) is 16.4. The van der Waals surface area contributed by atoms with Crippen LogP contribution in [0, 0.1) is 0 Å². The highest BCUT2D eigenvalue weighted by atomic mass is 16.3. The van der Waals surface area contributed by atoms with Crippen LogP contribution in [0.25, 0.3) is 0 Å². The number of unbranched alkanes of at least 4 members (excludes halogenated alkanes) is 32. The third kappa shape index (κ3) is 38.8. The number of nitrogens with one attached hydrogen (secondary N) is 1. The summed E-state index contributed by atoms with van der Waals surface area (Å²) in [5, 5.41) is 33.4. The number of hydrogen-bond acceptors (Lipinski definition) is 4. The molecule has 52 heavy (non-hydrogen) atoms. The van der Waals surface area contributed by atoms with Crippen molar-refractivity contribution in [2.75, 3.05) is 6.61 Å². The molecule has 310 valence electrons. The van der Waals surface area contributed by atoms with Crippen LogP contribution in [-0.2, 0) is 4.79 Å². The van der Waals surface area contributed by atoms with Gasteiger partial charge in [-0.2, -0.15) is 0 Å². The van der Waals surface area contributed by atoms with Crippen LogP contribution in [0.4, 0.5) is 0 Å². The molecule has 0 aromatic heterocycles. The first kappa shape index (κ1) is 51.1. The van der Waals surface area contributed by atoms with Crippen molar-refractivity contribution in [1.29, 1.82) is 0 Å². The summed E-state index contributed by atoms with van der Waals surface area (Å²) in [7, 11) is 0. The van der Waals surface area contributed by atoms with Gasteiger partial charge in [0.05, 0.1) is 31.3 Å². The van der Waals surface area contributed by atoms with Gasteiger partial charge >= 0.3 is 0 Å². The van der Waals surface area contributed by atoms with E-state index in [1.807, 2.05) is 0 Å². The van der Waals surface area contributed by atoms with Crippen molar-refractivity contribution in [3.63, 3.8) is 0 Å². The third-order valence-electron chi connectivity index (χ3n) is 11.1. The summed E-state index contributed by atoms with van der Waals surface area (Å²) in [6, 6.07) is -0.660. The standard InChI is InChI=1S/C47H93NO4/c1-3-5-7-9-11-13-15-17-19-21-22-23-24-25-27-29-31-33-35-37-39-41-46(51)45(43-49)48-47(52)42-44(50)40-38-36-34-32-30-28-26-20-18-16-14-12-10-8-6-4-2/h28,30,44-46,49-51H,3-27,29,31-43H2,1-2H3,(H,48,52)/b30-28-. The molecule has 0 heterocycles. The minimum Gasteiger partial charge on any atom is -0.394 e. The van der Waals surface area contributed by atoms with Gasteiger partial charge in [-0.3, -0.25) is 4.79 Å². The monoisotopic (exact) mass is 736 g/mol. The minimum absolute atomic E-state index is 0.0290. The molecule has 5 nitrogen and oxygen atoms in total. The number of carbonyl (C=O) groups excluding carboxylic acids is 1.